The Balaban J connectivity index is 2.50. The van der Waals surface area contributed by atoms with Gasteiger partial charge in [-0.3, -0.25) is 5.32 Å². The lowest BCUT2D eigenvalue weighted by molar-refractivity contribution is 0.0636. The summed E-state index contributed by atoms with van der Waals surface area (Å²) in [6.07, 6.45) is 1.14. The SMILES string of the molecule is CC(C)(C)OC(=O)Nc1ncc(Br)s1. The summed E-state index contributed by atoms with van der Waals surface area (Å²) in [7, 11) is 0. The van der Waals surface area contributed by atoms with E-state index in [1.54, 1.807) is 6.20 Å². The van der Waals surface area contributed by atoms with Crippen molar-refractivity contribution in [2.45, 2.75) is 26.4 Å². The molecule has 4 nitrogen and oxygen atoms in total. The van der Waals surface area contributed by atoms with Gasteiger partial charge in [0.2, 0.25) is 0 Å². The third-order valence-corrected chi connectivity index (χ3v) is 2.48. The summed E-state index contributed by atoms with van der Waals surface area (Å²) < 4.78 is 5.92. The number of amides is 1. The topological polar surface area (TPSA) is 51.2 Å². The van der Waals surface area contributed by atoms with Gasteiger partial charge < -0.3 is 4.74 Å². The summed E-state index contributed by atoms with van der Waals surface area (Å²) in [4.78, 5) is 15.2. The molecule has 0 bridgehead atoms. The second-order valence-corrected chi connectivity index (χ2v) is 6.01. The second-order valence-electron chi connectivity index (χ2n) is 3.60. The minimum atomic E-state index is -0.488. The van der Waals surface area contributed by atoms with Gasteiger partial charge in [0.15, 0.2) is 5.13 Å². The Morgan fingerprint density at radius 3 is 2.71 bits per heavy atom. The molecule has 0 unspecified atom stereocenters. The molecule has 1 N–H and O–H groups in total. The molecule has 14 heavy (non-hydrogen) atoms. The zero-order valence-corrected chi connectivity index (χ0v) is 10.5. The summed E-state index contributed by atoms with van der Waals surface area (Å²) in [5.41, 5.74) is -0.488. The van der Waals surface area contributed by atoms with Crippen molar-refractivity contribution in [3.05, 3.63) is 9.98 Å². The first kappa shape index (κ1) is 11.5. The van der Waals surface area contributed by atoms with E-state index in [4.69, 9.17) is 4.74 Å². The van der Waals surface area contributed by atoms with Crippen molar-refractivity contribution in [3.63, 3.8) is 0 Å². The number of ether oxygens (including phenoxy) is 1. The van der Waals surface area contributed by atoms with Crippen molar-refractivity contribution in [3.8, 4) is 0 Å². The third-order valence-electron chi connectivity index (χ3n) is 1.09. The highest BCUT2D eigenvalue weighted by Crippen LogP contribution is 2.23. The zero-order valence-electron chi connectivity index (χ0n) is 8.13. The van der Waals surface area contributed by atoms with Crippen LogP contribution in [-0.4, -0.2) is 16.7 Å². The smallest absolute Gasteiger partial charge is 0.413 e. The first-order valence-corrected chi connectivity index (χ1v) is 5.59. The lowest BCUT2D eigenvalue weighted by atomic mass is 10.2. The van der Waals surface area contributed by atoms with Crippen LogP contribution in [0.15, 0.2) is 9.98 Å². The Morgan fingerprint density at radius 1 is 1.64 bits per heavy atom. The highest BCUT2D eigenvalue weighted by atomic mass is 79.9. The summed E-state index contributed by atoms with van der Waals surface area (Å²) >= 11 is 4.58. The van der Waals surface area contributed by atoms with Crippen LogP contribution in [0.3, 0.4) is 0 Å². The fraction of sp³-hybridized carbons (Fsp3) is 0.500. The number of anilines is 1. The molecule has 1 rings (SSSR count). The van der Waals surface area contributed by atoms with Crippen molar-refractivity contribution in [2.75, 3.05) is 5.32 Å². The molecule has 1 aromatic rings. The summed E-state index contributed by atoms with van der Waals surface area (Å²) in [5.74, 6) is 0. The molecule has 1 amide bonds. The van der Waals surface area contributed by atoms with Gasteiger partial charge in [0.1, 0.15) is 5.60 Å². The molecule has 0 spiro atoms. The first-order chi connectivity index (χ1) is 6.37. The number of carbonyl (C=O) groups is 1. The van der Waals surface area contributed by atoms with E-state index in [1.807, 2.05) is 20.8 Å². The number of nitrogens with zero attached hydrogens (tertiary/aromatic N) is 1. The van der Waals surface area contributed by atoms with Gasteiger partial charge in [0.05, 0.1) is 9.98 Å². The number of carbonyl (C=O) groups excluding carboxylic acids is 1. The molecule has 0 aliphatic carbocycles. The van der Waals surface area contributed by atoms with Gasteiger partial charge in [-0.1, -0.05) is 11.3 Å². The van der Waals surface area contributed by atoms with Crippen molar-refractivity contribution >= 4 is 38.5 Å². The molecule has 6 heteroatoms. The maximum Gasteiger partial charge on any atom is 0.413 e. The molecular weight excluding hydrogens is 268 g/mol. The average Bonchev–Trinajstić information content (AvgIpc) is 2.30. The minimum Gasteiger partial charge on any atom is -0.444 e. The maximum atomic E-state index is 11.3. The van der Waals surface area contributed by atoms with Crippen LogP contribution in [-0.2, 0) is 4.74 Å². The van der Waals surface area contributed by atoms with Crippen LogP contribution in [0.4, 0.5) is 9.93 Å². The van der Waals surface area contributed by atoms with Gasteiger partial charge >= 0.3 is 6.09 Å². The van der Waals surface area contributed by atoms with Crippen molar-refractivity contribution in [1.29, 1.82) is 0 Å². The van der Waals surface area contributed by atoms with E-state index in [1.165, 1.54) is 11.3 Å². The summed E-state index contributed by atoms with van der Waals surface area (Å²) in [6, 6.07) is 0. The normalized spacial score (nSPS) is 11.1. The van der Waals surface area contributed by atoms with Gasteiger partial charge in [-0.15, -0.1) is 0 Å². The van der Waals surface area contributed by atoms with E-state index in [0.29, 0.717) is 5.13 Å². The van der Waals surface area contributed by atoms with E-state index in [9.17, 15) is 4.79 Å². The lowest BCUT2D eigenvalue weighted by Crippen LogP contribution is -2.27. The van der Waals surface area contributed by atoms with Gasteiger partial charge in [-0.2, -0.15) is 0 Å². The van der Waals surface area contributed by atoms with Crippen LogP contribution in [0.1, 0.15) is 20.8 Å². The van der Waals surface area contributed by atoms with Crippen molar-refractivity contribution in [1.82, 2.24) is 4.98 Å². The number of aromatic nitrogens is 1. The number of thiazole rings is 1. The highest BCUT2D eigenvalue weighted by Gasteiger charge is 2.16. The van der Waals surface area contributed by atoms with Crippen LogP contribution in [0.2, 0.25) is 0 Å². The maximum absolute atomic E-state index is 11.3. The van der Waals surface area contributed by atoms with Crippen LogP contribution in [0.5, 0.6) is 0 Å². The van der Waals surface area contributed by atoms with Gasteiger partial charge in [0, 0.05) is 0 Å². The summed E-state index contributed by atoms with van der Waals surface area (Å²) in [5, 5.41) is 3.06. The average molecular weight is 279 g/mol. The van der Waals surface area contributed by atoms with Crippen molar-refractivity contribution in [2.24, 2.45) is 0 Å². The molecule has 0 aliphatic rings. The predicted molar refractivity (Wildman–Crippen MR) is 59.7 cm³/mol. The van der Waals surface area contributed by atoms with E-state index >= 15 is 0 Å². The predicted octanol–water partition coefficient (Wildman–Crippen LogP) is 3.25. The van der Waals surface area contributed by atoms with Crippen LogP contribution < -0.4 is 5.32 Å². The molecule has 0 atom stereocenters. The van der Waals surface area contributed by atoms with E-state index < -0.39 is 11.7 Å². The fourth-order valence-corrected chi connectivity index (χ4v) is 1.80. The largest absolute Gasteiger partial charge is 0.444 e. The Hall–Kier alpha value is -0.620. The Morgan fingerprint density at radius 2 is 2.29 bits per heavy atom. The van der Waals surface area contributed by atoms with Gasteiger partial charge in [0.25, 0.3) is 0 Å². The van der Waals surface area contributed by atoms with Crippen LogP contribution in [0, 0.1) is 0 Å². The fourth-order valence-electron chi connectivity index (χ4n) is 0.703. The second kappa shape index (κ2) is 4.27. The Labute approximate surface area is 94.8 Å². The van der Waals surface area contributed by atoms with Crippen LogP contribution >= 0.6 is 27.3 Å². The highest BCUT2D eigenvalue weighted by molar-refractivity contribution is 9.11. The molecule has 78 valence electrons. The lowest BCUT2D eigenvalue weighted by Gasteiger charge is -2.18. The molecule has 1 aromatic heterocycles. The molecule has 0 aromatic carbocycles. The van der Waals surface area contributed by atoms with Gasteiger partial charge in [-0.05, 0) is 36.7 Å². The number of halogens is 1. The first-order valence-electron chi connectivity index (χ1n) is 3.98. The number of hydrogen-bond acceptors (Lipinski definition) is 4. The van der Waals surface area contributed by atoms with E-state index in [0.717, 1.165) is 3.79 Å². The molecule has 0 radical (unpaired) electrons. The van der Waals surface area contributed by atoms with E-state index in [-0.39, 0.29) is 0 Å². The Bertz CT molecular complexity index is 332. The Kier molecular flexibility index (Phi) is 3.49. The molecule has 0 aliphatic heterocycles. The van der Waals surface area contributed by atoms with E-state index in [2.05, 4.69) is 26.2 Å². The van der Waals surface area contributed by atoms with Gasteiger partial charge in [-0.25, -0.2) is 9.78 Å². The summed E-state index contributed by atoms with van der Waals surface area (Å²) in [6.45, 7) is 5.43. The molecule has 1 heterocycles. The zero-order chi connectivity index (χ0) is 10.8. The third kappa shape index (κ3) is 4.06. The molecule has 0 fully saturated rings. The molecular formula is C8H11BrN2O2S. The molecule has 0 saturated carbocycles. The monoisotopic (exact) mass is 278 g/mol. The number of nitrogens with one attached hydrogen (secondary N) is 1. The van der Waals surface area contributed by atoms with Crippen LogP contribution in [0.25, 0.3) is 0 Å². The number of hydrogen-bond donors (Lipinski definition) is 1. The number of rotatable bonds is 1. The molecule has 0 saturated heterocycles. The quantitative estimate of drug-likeness (QED) is 0.858. The van der Waals surface area contributed by atoms with Crippen molar-refractivity contribution < 1.29 is 9.53 Å². The minimum absolute atomic E-state index is 0.487. The standard InChI is InChI=1S/C8H11BrN2O2S/c1-8(2,3)13-7(12)11-6-10-4-5(9)14-6/h4H,1-3H3,(H,10,11,12).